The Bertz CT molecular complexity index is 705. The van der Waals surface area contributed by atoms with Crippen molar-refractivity contribution >= 4 is 5.91 Å². The topological polar surface area (TPSA) is 69.6 Å². The molecule has 0 heterocycles. The van der Waals surface area contributed by atoms with Crippen molar-refractivity contribution in [3.8, 4) is 0 Å². The first kappa shape index (κ1) is 47.9. The number of aliphatic hydroxyl groups excluding tert-OH is 2. The first-order valence-corrected chi connectivity index (χ1v) is 22.1. The van der Waals surface area contributed by atoms with E-state index in [1.54, 1.807) is 6.08 Å². The Morgan fingerprint density at radius 2 is 0.816 bits per heavy atom. The normalized spacial score (nSPS) is 13.1. The molecule has 290 valence electrons. The summed E-state index contributed by atoms with van der Waals surface area (Å²) in [6.45, 7) is 4.25. The lowest BCUT2D eigenvalue weighted by Crippen LogP contribution is -2.45. The zero-order valence-electron chi connectivity index (χ0n) is 33.2. The standard InChI is InChI=1S/C45H87NO3/c1-3-5-7-9-11-13-15-16-17-18-19-20-21-22-23-24-25-26-27-28-29-30-31-32-34-36-38-40-44(48)43(42-47)46-45(49)41-39-37-35-33-14-12-10-8-6-4-2/h8,10,38,40,43-44,47-48H,3-7,9,11-37,39,41-42H2,1-2H3,(H,46,49)/b10-8-,40-38+. The summed E-state index contributed by atoms with van der Waals surface area (Å²) < 4.78 is 0. The van der Waals surface area contributed by atoms with Crippen LogP contribution < -0.4 is 5.32 Å². The molecule has 1 amide bonds. The maximum absolute atomic E-state index is 12.3. The van der Waals surface area contributed by atoms with E-state index in [2.05, 4.69) is 31.3 Å². The van der Waals surface area contributed by atoms with Gasteiger partial charge in [-0.15, -0.1) is 0 Å². The number of allylic oxidation sites excluding steroid dienone is 3. The van der Waals surface area contributed by atoms with Crippen LogP contribution in [0, 0.1) is 0 Å². The molecule has 0 bridgehead atoms. The fourth-order valence-corrected chi connectivity index (χ4v) is 6.77. The monoisotopic (exact) mass is 690 g/mol. The van der Waals surface area contributed by atoms with Gasteiger partial charge in [-0.05, 0) is 38.5 Å². The van der Waals surface area contributed by atoms with Gasteiger partial charge in [0.15, 0.2) is 0 Å². The van der Waals surface area contributed by atoms with E-state index in [0.717, 1.165) is 38.5 Å². The van der Waals surface area contributed by atoms with Crippen LogP contribution in [0.5, 0.6) is 0 Å². The number of aliphatic hydroxyl groups is 2. The summed E-state index contributed by atoms with van der Waals surface area (Å²) in [5.74, 6) is -0.0748. The zero-order valence-corrected chi connectivity index (χ0v) is 33.2. The Morgan fingerprint density at radius 3 is 1.20 bits per heavy atom. The van der Waals surface area contributed by atoms with E-state index < -0.39 is 12.1 Å². The third kappa shape index (κ3) is 37.9. The second-order valence-electron chi connectivity index (χ2n) is 15.1. The maximum atomic E-state index is 12.3. The van der Waals surface area contributed by atoms with Crippen LogP contribution in [0.3, 0.4) is 0 Å². The minimum Gasteiger partial charge on any atom is -0.394 e. The van der Waals surface area contributed by atoms with Crippen LogP contribution in [-0.4, -0.2) is 34.9 Å². The quantitative estimate of drug-likeness (QED) is 0.0443. The van der Waals surface area contributed by atoms with Crippen molar-refractivity contribution in [1.29, 1.82) is 0 Å². The van der Waals surface area contributed by atoms with E-state index in [4.69, 9.17) is 0 Å². The number of carbonyl (C=O) groups excluding carboxylic acids is 1. The maximum Gasteiger partial charge on any atom is 0.220 e. The molecule has 0 aliphatic heterocycles. The molecule has 0 saturated heterocycles. The lowest BCUT2D eigenvalue weighted by Gasteiger charge is -2.20. The Labute approximate surface area is 307 Å². The summed E-state index contributed by atoms with van der Waals surface area (Å²) in [7, 11) is 0. The van der Waals surface area contributed by atoms with Crippen molar-refractivity contribution in [3.05, 3.63) is 24.3 Å². The minimum absolute atomic E-state index is 0.0748. The van der Waals surface area contributed by atoms with E-state index in [-0.39, 0.29) is 12.5 Å². The fourth-order valence-electron chi connectivity index (χ4n) is 6.77. The van der Waals surface area contributed by atoms with Gasteiger partial charge in [0, 0.05) is 6.42 Å². The van der Waals surface area contributed by atoms with E-state index in [1.807, 2.05) is 6.08 Å². The molecule has 0 saturated carbocycles. The van der Waals surface area contributed by atoms with E-state index in [0.29, 0.717) is 6.42 Å². The zero-order chi connectivity index (χ0) is 35.7. The average molecular weight is 690 g/mol. The molecular weight excluding hydrogens is 602 g/mol. The summed E-state index contributed by atoms with van der Waals surface area (Å²) in [6, 6.07) is -0.622. The number of hydrogen-bond donors (Lipinski definition) is 3. The molecule has 0 aromatic rings. The predicted octanol–water partition coefficient (Wildman–Crippen LogP) is 13.6. The summed E-state index contributed by atoms with van der Waals surface area (Å²) >= 11 is 0. The molecule has 0 spiro atoms. The van der Waals surface area contributed by atoms with Crippen molar-refractivity contribution in [1.82, 2.24) is 5.32 Å². The number of unbranched alkanes of at least 4 members (excludes halogenated alkanes) is 31. The first-order chi connectivity index (χ1) is 24.2. The number of rotatable bonds is 40. The molecule has 0 rings (SSSR count). The molecule has 0 fully saturated rings. The highest BCUT2D eigenvalue weighted by molar-refractivity contribution is 5.76. The summed E-state index contributed by atoms with van der Waals surface area (Å²) in [6.07, 6.45) is 53.1. The SMILES string of the molecule is CCC/C=C\CCCCCCCC(=O)NC(CO)C(O)/C=C/CCCCCCCCCCCCCCCCCCCCCCCCCCC. The molecule has 49 heavy (non-hydrogen) atoms. The van der Waals surface area contributed by atoms with Gasteiger partial charge in [0.1, 0.15) is 0 Å². The van der Waals surface area contributed by atoms with Gasteiger partial charge in [0.05, 0.1) is 18.8 Å². The van der Waals surface area contributed by atoms with Crippen molar-refractivity contribution in [3.63, 3.8) is 0 Å². The molecule has 0 aromatic heterocycles. The van der Waals surface area contributed by atoms with E-state index in [1.165, 1.54) is 180 Å². The van der Waals surface area contributed by atoms with E-state index >= 15 is 0 Å². The third-order valence-electron chi connectivity index (χ3n) is 10.2. The molecule has 4 heteroatoms. The van der Waals surface area contributed by atoms with Crippen LogP contribution in [0.2, 0.25) is 0 Å². The van der Waals surface area contributed by atoms with E-state index in [9.17, 15) is 15.0 Å². The molecule has 4 nitrogen and oxygen atoms in total. The smallest absolute Gasteiger partial charge is 0.220 e. The van der Waals surface area contributed by atoms with Crippen LogP contribution >= 0.6 is 0 Å². The van der Waals surface area contributed by atoms with Gasteiger partial charge in [-0.1, -0.05) is 218 Å². The second kappa shape index (κ2) is 41.3. The Balaban J connectivity index is 3.46. The first-order valence-electron chi connectivity index (χ1n) is 22.1. The van der Waals surface area contributed by atoms with Gasteiger partial charge >= 0.3 is 0 Å². The molecule has 0 aliphatic carbocycles. The molecular formula is C45H87NO3. The summed E-state index contributed by atoms with van der Waals surface area (Å²) in [5, 5.41) is 22.9. The molecule has 0 aliphatic rings. The summed E-state index contributed by atoms with van der Waals surface area (Å²) in [4.78, 5) is 12.3. The number of hydrogen-bond acceptors (Lipinski definition) is 3. The van der Waals surface area contributed by atoms with Gasteiger partial charge < -0.3 is 15.5 Å². The molecule has 3 N–H and O–H groups in total. The fraction of sp³-hybridized carbons (Fsp3) is 0.889. The van der Waals surface area contributed by atoms with Crippen LogP contribution in [0.4, 0.5) is 0 Å². The highest BCUT2D eigenvalue weighted by Gasteiger charge is 2.17. The largest absolute Gasteiger partial charge is 0.394 e. The lowest BCUT2D eigenvalue weighted by atomic mass is 10.0. The van der Waals surface area contributed by atoms with Crippen LogP contribution in [0.15, 0.2) is 24.3 Å². The summed E-state index contributed by atoms with van der Waals surface area (Å²) in [5.41, 5.74) is 0. The highest BCUT2D eigenvalue weighted by Crippen LogP contribution is 2.16. The Hall–Kier alpha value is -1.13. The number of carbonyl (C=O) groups is 1. The molecule has 0 aromatic carbocycles. The van der Waals surface area contributed by atoms with Gasteiger partial charge in [-0.3, -0.25) is 4.79 Å². The lowest BCUT2D eigenvalue weighted by molar-refractivity contribution is -0.123. The predicted molar refractivity (Wildman–Crippen MR) is 216 cm³/mol. The van der Waals surface area contributed by atoms with Crippen molar-refractivity contribution in [2.75, 3.05) is 6.61 Å². The van der Waals surface area contributed by atoms with Gasteiger partial charge in [-0.25, -0.2) is 0 Å². The van der Waals surface area contributed by atoms with Crippen LogP contribution in [0.25, 0.3) is 0 Å². The molecule has 2 atom stereocenters. The Kier molecular flexibility index (Phi) is 40.3. The third-order valence-corrected chi connectivity index (χ3v) is 10.2. The Morgan fingerprint density at radius 1 is 0.469 bits per heavy atom. The minimum atomic E-state index is -0.839. The number of amides is 1. The van der Waals surface area contributed by atoms with Crippen LogP contribution in [-0.2, 0) is 4.79 Å². The van der Waals surface area contributed by atoms with Gasteiger partial charge in [-0.2, -0.15) is 0 Å². The van der Waals surface area contributed by atoms with Crippen molar-refractivity contribution in [2.24, 2.45) is 0 Å². The van der Waals surface area contributed by atoms with Crippen LogP contribution in [0.1, 0.15) is 239 Å². The van der Waals surface area contributed by atoms with Gasteiger partial charge in [0.2, 0.25) is 5.91 Å². The second-order valence-corrected chi connectivity index (χ2v) is 15.1. The average Bonchev–Trinajstić information content (AvgIpc) is 3.10. The van der Waals surface area contributed by atoms with Crippen molar-refractivity contribution in [2.45, 2.75) is 251 Å². The molecule has 0 radical (unpaired) electrons. The number of nitrogens with one attached hydrogen (secondary N) is 1. The van der Waals surface area contributed by atoms with Gasteiger partial charge in [0.25, 0.3) is 0 Å². The highest BCUT2D eigenvalue weighted by atomic mass is 16.3. The van der Waals surface area contributed by atoms with Crippen molar-refractivity contribution < 1.29 is 15.0 Å². The molecule has 2 unspecified atom stereocenters.